The normalized spacial score (nSPS) is 10.2. The summed E-state index contributed by atoms with van der Waals surface area (Å²) >= 11 is 3.21. The van der Waals surface area contributed by atoms with Crippen molar-refractivity contribution in [1.29, 1.82) is 0 Å². The molecule has 0 atom stereocenters. The van der Waals surface area contributed by atoms with Gasteiger partial charge in [0.15, 0.2) is 0 Å². The fourth-order valence-electron chi connectivity index (χ4n) is 1.53. The minimum Gasteiger partial charge on any atom is -0.318 e. The second-order valence-electron chi connectivity index (χ2n) is 3.94. The number of anilines is 2. The van der Waals surface area contributed by atoms with Crippen molar-refractivity contribution in [1.82, 2.24) is 9.97 Å². The molecule has 1 aromatic heterocycles. The van der Waals surface area contributed by atoms with Gasteiger partial charge in [0.25, 0.3) is 5.91 Å². The molecule has 2 aromatic rings. The van der Waals surface area contributed by atoms with Crippen molar-refractivity contribution >= 4 is 33.5 Å². The van der Waals surface area contributed by atoms with Gasteiger partial charge in [0, 0.05) is 10.2 Å². The summed E-state index contributed by atoms with van der Waals surface area (Å²) in [6.45, 7) is 1.69. The van der Waals surface area contributed by atoms with Crippen LogP contribution in [0.4, 0.5) is 16.0 Å². The first kappa shape index (κ1) is 14.4. The SMILES string of the molecule is Cc1cc(C(=O)Nc2cc(Br)ccc2F)nc(NN)n1. The molecule has 0 aliphatic rings. The third kappa shape index (κ3) is 3.28. The number of amides is 1. The van der Waals surface area contributed by atoms with Crippen molar-refractivity contribution < 1.29 is 9.18 Å². The van der Waals surface area contributed by atoms with E-state index >= 15 is 0 Å². The van der Waals surface area contributed by atoms with Crippen LogP contribution in [0.2, 0.25) is 0 Å². The smallest absolute Gasteiger partial charge is 0.274 e. The molecular weight excluding hydrogens is 329 g/mol. The van der Waals surface area contributed by atoms with Gasteiger partial charge in [-0.15, -0.1) is 0 Å². The summed E-state index contributed by atoms with van der Waals surface area (Å²) in [5.74, 6) is 4.24. The minimum atomic E-state index is -0.552. The molecule has 1 amide bonds. The number of nitrogens with two attached hydrogens (primary N) is 1. The Kier molecular flexibility index (Phi) is 4.26. The maximum atomic E-state index is 13.6. The van der Waals surface area contributed by atoms with Crippen LogP contribution in [-0.2, 0) is 0 Å². The lowest BCUT2D eigenvalue weighted by molar-refractivity contribution is 0.102. The summed E-state index contributed by atoms with van der Waals surface area (Å²) < 4.78 is 14.2. The fraction of sp³-hybridized carbons (Fsp3) is 0.0833. The predicted molar refractivity (Wildman–Crippen MR) is 76.6 cm³/mol. The van der Waals surface area contributed by atoms with Crippen LogP contribution in [0.1, 0.15) is 16.2 Å². The van der Waals surface area contributed by atoms with E-state index in [2.05, 4.69) is 36.6 Å². The highest BCUT2D eigenvalue weighted by molar-refractivity contribution is 9.10. The number of hydrogen-bond acceptors (Lipinski definition) is 5. The summed E-state index contributed by atoms with van der Waals surface area (Å²) in [7, 11) is 0. The largest absolute Gasteiger partial charge is 0.318 e. The van der Waals surface area contributed by atoms with E-state index in [4.69, 9.17) is 5.84 Å². The highest BCUT2D eigenvalue weighted by atomic mass is 79.9. The second-order valence-corrected chi connectivity index (χ2v) is 4.86. The van der Waals surface area contributed by atoms with Gasteiger partial charge in [-0.25, -0.2) is 20.2 Å². The van der Waals surface area contributed by atoms with Gasteiger partial charge in [-0.3, -0.25) is 10.2 Å². The Morgan fingerprint density at radius 2 is 2.10 bits per heavy atom. The van der Waals surface area contributed by atoms with Gasteiger partial charge < -0.3 is 5.32 Å². The molecule has 0 bridgehead atoms. The molecule has 4 N–H and O–H groups in total. The van der Waals surface area contributed by atoms with Crippen molar-refractivity contribution in [3.05, 3.63) is 45.9 Å². The number of carbonyl (C=O) groups excluding carboxylic acids is 1. The second kappa shape index (κ2) is 5.93. The summed E-state index contributed by atoms with van der Waals surface area (Å²) in [5, 5.41) is 2.44. The predicted octanol–water partition coefficient (Wildman–Crippen LogP) is 2.22. The zero-order chi connectivity index (χ0) is 14.7. The number of rotatable bonds is 3. The highest BCUT2D eigenvalue weighted by Crippen LogP contribution is 2.20. The monoisotopic (exact) mass is 339 g/mol. The summed E-state index contributed by atoms with van der Waals surface area (Å²) in [6.07, 6.45) is 0. The maximum Gasteiger partial charge on any atom is 0.274 e. The zero-order valence-electron chi connectivity index (χ0n) is 10.4. The molecule has 104 valence electrons. The van der Waals surface area contributed by atoms with Crippen molar-refractivity contribution in [3.63, 3.8) is 0 Å². The lowest BCUT2D eigenvalue weighted by Gasteiger charge is -2.08. The molecule has 0 fully saturated rings. The minimum absolute atomic E-state index is 0.0582. The van der Waals surface area contributed by atoms with Crippen LogP contribution in [0.5, 0.6) is 0 Å². The number of halogens is 2. The molecule has 1 heterocycles. The van der Waals surface area contributed by atoms with Crippen molar-refractivity contribution in [2.45, 2.75) is 6.92 Å². The Bertz CT molecular complexity index is 664. The standard InChI is InChI=1S/C12H11BrFN5O/c1-6-4-10(18-12(16-6)19-15)11(20)17-9-5-7(13)2-3-8(9)14/h2-5H,15H2,1H3,(H,17,20)(H,16,18,19). The molecule has 0 unspecified atom stereocenters. The quantitative estimate of drug-likeness (QED) is 0.589. The molecular formula is C12H11BrFN5O. The number of nitrogens with one attached hydrogen (secondary N) is 2. The number of aryl methyl sites for hydroxylation is 1. The highest BCUT2D eigenvalue weighted by Gasteiger charge is 2.13. The summed E-state index contributed by atoms with van der Waals surface area (Å²) in [4.78, 5) is 19.9. The van der Waals surface area contributed by atoms with Gasteiger partial charge in [0.2, 0.25) is 5.95 Å². The lowest BCUT2D eigenvalue weighted by Crippen LogP contribution is -2.18. The molecule has 0 radical (unpaired) electrons. The third-order valence-corrected chi connectivity index (χ3v) is 2.89. The Hall–Kier alpha value is -2.06. The van der Waals surface area contributed by atoms with E-state index in [0.29, 0.717) is 10.2 Å². The summed E-state index contributed by atoms with van der Waals surface area (Å²) in [6, 6.07) is 5.73. The van der Waals surface area contributed by atoms with E-state index in [1.807, 2.05) is 0 Å². The van der Waals surface area contributed by atoms with Crippen molar-refractivity contribution in [2.24, 2.45) is 5.84 Å². The number of nitrogen functional groups attached to an aromatic ring is 1. The molecule has 1 aromatic carbocycles. The molecule has 0 saturated heterocycles. The molecule has 2 rings (SSSR count). The Morgan fingerprint density at radius 1 is 1.35 bits per heavy atom. The number of aromatic nitrogens is 2. The number of hydrazine groups is 1. The van der Waals surface area contributed by atoms with Crippen LogP contribution in [-0.4, -0.2) is 15.9 Å². The van der Waals surface area contributed by atoms with E-state index in [0.717, 1.165) is 0 Å². The number of nitrogens with zero attached hydrogens (tertiary/aromatic N) is 2. The molecule has 0 saturated carbocycles. The zero-order valence-corrected chi connectivity index (χ0v) is 12.0. The molecule has 20 heavy (non-hydrogen) atoms. The van der Waals surface area contributed by atoms with E-state index in [9.17, 15) is 9.18 Å². The van der Waals surface area contributed by atoms with Crippen LogP contribution < -0.4 is 16.6 Å². The van der Waals surface area contributed by atoms with Gasteiger partial charge in [0.1, 0.15) is 11.5 Å². The average Bonchev–Trinajstić information content (AvgIpc) is 2.42. The topological polar surface area (TPSA) is 92.9 Å². The molecule has 0 aliphatic heterocycles. The van der Waals surface area contributed by atoms with E-state index in [1.54, 1.807) is 6.92 Å². The van der Waals surface area contributed by atoms with Crippen molar-refractivity contribution in [3.8, 4) is 0 Å². The van der Waals surface area contributed by atoms with Gasteiger partial charge in [0.05, 0.1) is 5.69 Å². The van der Waals surface area contributed by atoms with Crippen LogP contribution in [0.3, 0.4) is 0 Å². The number of carbonyl (C=O) groups is 1. The third-order valence-electron chi connectivity index (χ3n) is 2.39. The first-order chi connectivity index (χ1) is 9.49. The lowest BCUT2D eigenvalue weighted by atomic mass is 10.2. The number of hydrogen-bond donors (Lipinski definition) is 3. The number of benzene rings is 1. The molecule has 6 nitrogen and oxygen atoms in total. The average molecular weight is 340 g/mol. The van der Waals surface area contributed by atoms with Crippen molar-refractivity contribution in [2.75, 3.05) is 10.7 Å². The van der Waals surface area contributed by atoms with Gasteiger partial charge >= 0.3 is 0 Å². The molecule has 0 spiro atoms. The fourth-order valence-corrected chi connectivity index (χ4v) is 1.89. The van der Waals surface area contributed by atoms with Crippen LogP contribution in [0.15, 0.2) is 28.7 Å². The summed E-state index contributed by atoms with van der Waals surface area (Å²) in [5.41, 5.74) is 2.97. The van der Waals surface area contributed by atoms with Crippen LogP contribution >= 0.6 is 15.9 Å². The van der Waals surface area contributed by atoms with E-state index in [1.165, 1.54) is 24.3 Å². The van der Waals surface area contributed by atoms with Gasteiger partial charge in [-0.1, -0.05) is 15.9 Å². The maximum absolute atomic E-state index is 13.6. The molecule has 8 heteroatoms. The first-order valence-electron chi connectivity index (χ1n) is 5.58. The first-order valence-corrected chi connectivity index (χ1v) is 6.37. The van der Waals surface area contributed by atoms with E-state index in [-0.39, 0.29) is 17.3 Å². The van der Waals surface area contributed by atoms with Crippen LogP contribution in [0.25, 0.3) is 0 Å². The Balaban J connectivity index is 2.28. The Labute approximate surface area is 122 Å². The van der Waals surface area contributed by atoms with E-state index < -0.39 is 11.7 Å². The van der Waals surface area contributed by atoms with Crippen LogP contribution in [0, 0.1) is 12.7 Å². The van der Waals surface area contributed by atoms with Gasteiger partial charge in [-0.2, -0.15) is 0 Å². The Morgan fingerprint density at radius 3 is 2.80 bits per heavy atom. The molecule has 0 aliphatic carbocycles. The van der Waals surface area contributed by atoms with Gasteiger partial charge in [-0.05, 0) is 31.2 Å².